The summed E-state index contributed by atoms with van der Waals surface area (Å²) < 4.78 is 13.8. The molecule has 2 nitrogen and oxygen atoms in total. The molecule has 1 heterocycles. The van der Waals surface area contributed by atoms with Gasteiger partial charge in [0.1, 0.15) is 5.82 Å². The molecule has 16 heavy (non-hydrogen) atoms. The van der Waals surface area contributed by atoms with Crippen LogP contribution >= 0.6 is 27.5 Å². The van der Waals surface area contributed by atoms with Crippen molar-refractivity contribution in [2.24, 2.45) is 0 Å². The molecule has 1 saturated heterocycles. The number of hydrogen-bond acceptors (Lipinski definition) is 2. The fourth-order valence-corrected chi connectivity index (χ4v) is 3.16. The summed E-state index contributed by atoms with van der Waals surface area (Å²) in [5.74, 6) is -0.315. The van der Waals surface area contributed by atoms with Crippen molar-refractivity contribution in [3.63, 3.8) is 0 Å². The van der Waals surface area contributed by atoms with Crippen LogP contribution in [-0.2, 0) is 0 Å². The van der Waals surface area contributed by atoms with Crippen molar-refractivity contribution < 1.29 is 4.39 Å². The van der Waals surface area contributed by atoms with Gasteiger partial charge in [0.25, 0.3) is 0 Å². The first kappa shape index (κ1) is 12.1. The molecule has 0 amide bonds. The predicted molar refractivity (Wildman–Crippen MR) is 68.8 cm³/mol. The molecule has 1 aliphatic rings. The third-order valence-corrected chi connectivity index (χ3v) is 3.79. The number of likely N-dealkylation sites (N-methyl/N-ethyl adjacent to an activating group) is 1. The summed E-state index contributed by atoms with van der Waals surface area (Å²) in [5, 5.41) is 3.70. The van der Waals surface area contributed by atoms with Crippen molar-refractivity contribution in [3.8, 4) is 0 Å². The van der Waals surface area contributed by atoms with Gasteiger partial charge in [-0.2, -0.15) is 0 Å². The molecule has 1 atom stereocenters. The van der Waals surface area contributed by atoms with Crippen LogP contribution in [0.25, 0.3) is 0 Å². The van der Waals surface area contributed by atoms with E-state index in [2.05, 4.69) is 26.1 Å². The highest BCUT2D eigenvalue weighted by Crippen LogP contribution is 2.36. The van der Waals surface area contributed by atoms with Gasteiger partial charge in [-0.15, -0.1) is 0 Å². The van der Waals surface area contributed by atoms with Crippen LogP contribution in [0.4, 0.5) is 10.1 Å². The average Bonchev–Trinajstić information content (AvgIpc) is 2.64. The molecule has 1 aliphatic heterocycles. The molecule has 0 aromatic heterocycles. The Hall–Kier alpha value is -0.320. The van der Waals surface area contributed by atoms with Crippen molar-refractivity contribution in [3.05, 3.63) is 27.4 Å². The third kappa shape index (κ3) is 2.34. The number of halogens is 3. The SMILES string of the molecule is CNC1CCN(c2c(Cl)cc(F)cc2Br)C1. The summed E-state index contributed by atoms with van der Waals surface area (Å²) in [5.41, 5.74) is 0.890. The van der Waals surface area contributed by atoms with Gasteiger partial charge in [-0.1, -0.05) is 11.6 Å². The summed E-state index contributed by atoms with van der Waals surface area (Å²) in [6.45, 7) is 1.84. The molecule has 0 spiro atoms. The maximum absolute atomic E-state index is 13.1. The molecule has 0 radical (unpaired) electrons. The average molecular weight is 308 g/mol. The summed E-state index contributed by atoms with van der Waals surface area (Å²) in [6, 6.07) is 3.29. The maximum atomic E-state index is 13.1. The van der Waals surface area contributed by atoms with Crippen LogP contribution in [0.3, 0.4) is 0 Å². The van der Waals surface area contributed by atoms with E-state index in [9.17, 15) is 4.39 Å². The first-order valence-corrected chi connectivity index (χ1v) is 6.35. The van der Waals surface area contributed by atoms with Crippen LogP contribution in [-0.4, -0.2) is 26.2 Å². The van der Waals surface area contributed by atoms with Gasteiger partial charge < -0.3 is 10.2 Å². The Balaban J connectivity index is 2.28. The lowest BCUT2D eigenvalue weighted by atomic mass is 10.3. The Bertz CT molecular complexity index is 377. The van der Waals surface area contributed by atoms with Gasteiger partial charge in [0.2, 0.25) is 0 Å². The molecule has 1 fully saturated rings. The van der Waals surface area contributed by atoms with Crippen molar-refractivity contribution in [2.75, 3.05) is 25.0 Å². The number of nitrogens with one attached hydrogen (secondary N) is 1. The van der Waals surface area contributed by atoms with Crippen LogP contribution in [0, 0.1) is 5.82 Å². The number of benzene rings is 1. The van der Waals surface area contributed by atoms with E-state index in [1.807, 2.05) is 7.05 Å². The van der Waals surface area contributed by atoms with E-state index in [1.165, 1.54) is 12.1 Å². The monoisotopic (exact) mass is 306 g/mol. The molecule has 2 rings (SSSR count). The van der Waals surface area contributed by atoms with E-state index >= 15 is 0 Å². The van der Waals surface area contributed by atoms with Crippen LogP contribution in [0.15, 0.2) is 16.6 Å². The second-order valence-corrected chi connectivity index (χ2v) is 5.20. The van der Waals surface area contributed by atoms with Crippen molar-refractivity contribution >= 4 is 33.2 Å². The molecule has 1 unspecified atom stereocenters. The standard InChI is InChI=1S/C11H13BrClFN2/c1-15-8-2-3-16(6-8)11-9(12)4-7(14)5-10(11)13/h4-5,8,15H,2-3,6H2,1H3. The van der Waals surface area contributed by atoms with Crippen LogP contribution in [0.1, 0.15) is 6.42 Å². The minimum Gasteiger partial charge on any atom is -0.368 e. The zero-order valence-corrected chi connectivity index (χ0v) is 11.3. The van der Waals surface area contributed by atoms with E-state index in [0.29, 0.717) is 15.5 Å². The Morgan fingerprint density at radius 2 is 2.31 bits per heavy atom. The molecule has 0 bridgehead atoms. The molecule has 1 aromatic rings. The molecule has 88 valence electrons. The van der Waals surface area contributed by atoms with Gasteiger partial charge in [0, 0.05) is 23.6 Å². The van der Waals surface area contributed by atoms with Crippen molar-refractivity contribution in [1.82, 2.24) is 5.32 Å². The molecule has 5 heteroatoms. The first-order valence-electron chi connectivity index (χ1n) is 5.18. The second-order valence-electron chi connectivity index (χ2n) is 3.94. The largest absolute Gasteiger partial charge is 0.368 e. The van der Waals surface area contributed by atoms with Crippen LogP contribution in [0.2, 0.25) is 5.02 Å². The van der Waals surface area contributed by atoms with E-state index in [-0.39, 0.29) is 5.82 Å². The summed E-state index contributed by atoms with van der Waals surface area (Å²) in [4.78, 5) is 2.17. The van der Waals surface area contributed by atoms with Crippen LogP contribution < -0.4 is 10.2 Å². The molecule has 0 saturated carbocycles. The number of anilines is 1. The Morgan fingerprint density at radius 1 is 1.56 bits per heavy atom. The summed E-state index contributed by atoms with van der Waals surface area (Å²) in [7, 11) is 1.95. The smallest absolute Gasteiger partial charge is 0.125 e. The molecule has 0 aliphatic carbocycles. The Labute approximate surface area is 108 Å². The van der Waals surface area contributed by atoms with Crippen molar-refractivity contribution in [2.45, 2.75) is 12.5 Å². The maximum Gasteiger partial charge on any atom is 0.125 e. The van der Waals surface area contributed by atoms with Gasteiger partial charge in [-0.05, 0) is 41.5 Å². The highest BCUT2D eigenvalue weighted by atomic mass is 79.9. The predicted octanol–water partition coefficient (Wildman–Crippen LogP) is 3.04. The normalized spacial score (nSPS) is 20.5. The van der Waals surface area contributed by atoms with E-state index in [4.69, 9.17) is 11.6 Å². The van der Waals surface area contributed by atoms with Gasteiger partial charge in [-0.25, -0.2) is 4.39 Å². The lowest BCUT2D eigenvalue weighted by Crippen LogP contribution is -2.29. The fourth-order valence-electron chi connectivity index (χ4n) is 2.04. The first-order chi connectivity index (χ1) is 7.61. The van der Waals surface area contributed by atoms with E-state index in [0.717, 1.165) is 25.2 Å². The topological polar surface area (TPSA) is 15.3 Å². The second kappa shape index (κ2) is 4.90. The lowest BCUT2D eigenvalue weighted by Gasteiger charge is -2.21. The number of hydrogen-bond donors (Lipinski definition) is 1. The van der Waals surface area contributed by atoms with E-state index < -0.39 is 0 Å². The van der Waals surface area contributed by atoms with Gasteiger partial charge >= 0.3 is 0 Å². The minimum atomic E-state index is -0.315. The third-order valence-electron chi connectivity index (χ3n) is 2.89. The number of rotatable bonds is 2. The van der Waals surface area contributed by atoms with Gasteiger partial charge in [0.05, 0.1) is 10.7 Å². The molecular formula is C11H13BrClFN2. The zero-order valence-electron chi connectivity index (χ0n) is 8.93. The Morgan fingerprint density at radius 3 is 2.88 bits per heavy atom. The molecule has 1 aromatic carbocycles. The lowest BCUT2D eigenvalue weighted by molar-refractivity contribution is 0.616. The zero-order chi connectivity index (χ0) is 11.7. The highest BCUT2D eigenvalue weighted by Gasteiger charge is 2.24. The quantitative estimate of drug-likeness (QED) is 0.903. The minimum absolute atomic E-state index is 0.315. The Kier molecular flexibility index (Phi) is 3.72. The molecule has 1 N–H and O–H groups in total. The van der Waals surface area contributed by atoms with E-state index in [1.54, 1.807) is 0 Å². The van der Waals surface area contributed by atoms with Crippen LogP contribution in [0.5, 0.6) is 0 Å². The van der Waals surface area contributed by atoms with Gasteiger partial charge in [0.15, 0.2) is 0 Å². The summed E-state index contributed by atoms with van der Waals surface area (Å²) >= 11 is 9.44. The number of nitrogens with zero attached hydrogens (tertiary/aromatic N) is 1. The van der Waals surface area contributed by atoms with Gasteiger partial charge in [-0.3, -0.25) is 0 Å². The highest BCUT2D eigenvalue weighted by molar-refractivity contribution is 9.10. The summed E-state index contributed by atoms with van der Waals surface area (Å²) in [6.07, 6.45) is 1.08. The fraction of sp³-hybridized carbons (Fsp3) is 0.455. The van der Waals surface area contributed by atoms with Crippen molar-refractivity contribution in [1.29, 1.82) is 0 Å². The molecular weight excluding hydrogens is 294 g/mol.